The van der Waals surface area contributed by atoms with E-state index < -0.39 is 0 Å². The number of hydrogen-bond acceptors (Lipinski definition) is 3. The molecule has 1 aliphatic rings. The first-order chi connectivity index (χ1) is 6.77. The predicted octanol–water partition coefficient (Wildman–Crippen LogP) is 1.77. The van der Waals surface area contributed by atoms with Crippen molar-refractivity contribution in [2.24, 2.45) is 11.7 Å². The van der Waals surface area contributed by atoms with Crippen LogP contribution >= 0.6 is 11.6 Å². The molecule has 0 bridgehead atoms. The fourth-order valence-corrected chi connectivity index (χ4v) is 1.77. The van der Waals surface area contributed by atoms with E-state index in [0.29, 0.717) is 10.9 Å². The summed E-state index contributed by atoms with van der Waals surface area (Å²) in [5.41, 5.74) is 6.96. The molecule has 2 N–H and O–H groups in total. The maximum Gasteiger partial charge on any atom is 0.0589 e. The number of nitrogens with zero attached hydrogens (tertiary/aromatic N) is 1. The summed E-state index contributed by atoms with van der Waals surface area (Å²) in [7, 11) is 0. The van der Waals surface area contributed by atoms with Crippen LogP contribution in [0.5, 0.6) is 0 Å². The standard InChI is InChI=1S/C10H13ClN2O/c11-8-1-2-9(13-5-8)10(12)7-3-4-14-6-7/h1-2,5,7,10H,3-4,6,12H2. The molecule has 1 aromatic heterocycles. The van der Waals surface area contributed by atoms with E-state index in [1.165, 1.54) is 0 Å². The van der Waals surface area contributed by atoms with Gasteiger partial charge in [0.15, 0.2) is 0 Å². The maximum absolute atomic E-state index is 6.06. The van der Waals surface area contributed by atoms with Crippen LogP contribution in [0.15, 0.2) is 18.3 Å². The average Bonchev–Trinajstić information content (AvgIpc) is 2.71. The van der Waals surface area contributed by atoms with Crippen molar-refractivity contribution in [3.63, 3.8) is 0 Å². The van der Waals surface area contributed by atoms with Crippen LogP contribution in [-0.2, 0) is 4.74 Å². The molecule has 1 saturated heterocycles. The van der Waals surface area contributed by atoms with Crippen LogP contribution in [0.3, 0.4) is 0 Å². The molecule has 0 amide bonds. The van der Waals surface area contributed by atoms with E-state index in [9.17, 15) is 0 Å². The Morgan fingerprint density at radius 2 is 2.43 bits per heavy atom. The zero-order valence-corrected chi connectivity index (χ0v) is 8.57. The summed E-state index contributed by atoms with van der Waals surface area (Å²) in [6.45, 7) is 1.55. The largest absolute Gasteiger partial charge is 0.381 e. The molecular weight excluding hydrogens is 200 g/mol. The second-order valence-electron chi connectivity index (χ2n) is 3.55. The molecule has 1 aliphatic heterocycles. The van der Waals surface area contributed by atoms with E-state index in [-0.39, 0.29) is 6.04 Å². The van der Waals surface area contributed by atoms with Crippen LogP contribution in [0.2, 0.25) is 5.02 Å². The second kappa shape index (κ2) is 4.26. The van der Waals surface area contributed by atoms with Gasteiger partial charge in [-0.3, -0.25) is 4.98 Å². The molecule has 2 rings (SSSR count). The Bertz CT molecular complexity index is 295. The summed E-state index contributed by atoms with van der Waals surface area (Å²) in [6, 6.07) is 3.67. The highest BCUT2D eigenvalue weighted by molar-refractivity contribution is 6.30. The quantitative estimate of drug-likeness (QED) is 0.813. The molecule has 76 valence electrons. The molecule has 4 heteroatoms. The van der Waals surface area contributed by atoms with Gasteiger partial charge < -0.3 is 10.5 Å². The molecule has 0 radical (unpaired) electrons. The van der Waals surface area contributed by atoms with E-state index in [1.54, 1.807) is 6.20 Å². The number of ether oxygens (including phenoxy) is 1. The van der Waals surface area contributed by atoms with E-state index >= 15 is 0 Å². The number of hydrogen-bond donors (Lipinski definition) is 1. The SMILES string of the molecule is NC(c1ccc(Cl)cn1)C1CCOC1. The first kappa shape index (κ1) is 9.90. The van der Waals surface area contributed by atoms with Crippen molar-refractivity contribution < 1.29 is 4.74 Å². The summed E-state index contributed by atoms with van der Waals surface area (Å²) < 4.78 is 5.29. The Balaban J connectivity index is 2.09. The van der Waals surface area contributed by atoms with Gasteiger partial charge in [-0.2, -0.15) is 0 Å². The molecular formula is C10H13ClN2O. The third-order valence-electron chi connectivity index (χ3n) is 2.56. The first-order valence-electron chi connectivity index (χ1n) is 4.72. The van der Waals surface area contributed by atoms with Crippen LogP contribution in [-0.4, -0.2) is 18.2 Å². The number of aromatic nitrogens is 1. The smallest absolute Gasteiger partial charge is 0.0589 e. The minimum Gasteiger partial charge on any atom is -0.381 e. The highest BCUT2D eigenvalue weighted by atomic mass is 35.5. The Morgan fingerprint density at radius 3 is 3.00 bits per heavy atom. The van der Waals surface area contributed by atoms with Gasteiger partial charge in [-0.1, -0.05) is 11.6 Å². The van der Waals surface area contributed by atoms with Gasteiger partial charge in [-0.15, -0.1) is 0 Å². The predicted molar refractivity (Wildman–Crippen MR) is 55.1 cm³/mol. The zero-order chi connectivity index (χ0) is 9.97. The summed E-state index contributed by atoms with van der Waals surface area (Å²) in [5, 5.41) is 0.642. The fourth-order valence-electron chi connectivity index (χ4n) is 1.66. The molecule has 2 unspecified atom stereocenters. The number of rotatable bonds is 2. The minimum atomic E-state index is -0.0326. The molecule has 0 saturated carbocycles. The summed E-state index contributed by atoms with van der Waals surface area (Å²) in [5.74, 6) is 0.392. The normalized spacial score (nSPS) is 23.7. The number of nitrogens with two attached hydrogens (primary N) is 1. The van der Waals surface area contributed by atoms with Crippen LogP contribution in [0.1, 0.15) is 18.2 Å². The van der Waals surface area contributed by atoms with Crippen molar-refractivity contribution in [3.05, 3.63) is 29.0 Å². The van der Waals surface area contributed by atoms with E-state index in [1.807, 2.05) is 12.1 Å². The lowest BCUT2D eigenvalue weighted by Gasteiger charge is -2.16. The highest BCUT2D eigenvalue weighted by Crippen LogP contribution is 2.25. The van der Waals surface area contributed by atoms with Crippen molar-refractivity contribution in [1.29, 1.82) is 0 Å². The first-order valence-corrected chi connectivity index (χ1v) is 5.10. The lowest BCUT2D eigenvalue weighted by atomic mass is 9.97. The average molecular weight is 213 g/mol. The number of halogens is 1. The van der Waals surface area contributed by atoms with Crippen molar-refractivity contribution in [3.8, 4) is 0 Å². The lowest BCUT2D eigenvalue weighted by molar-refractivity contribution is 0.180. The fraction of sp³-hybridized carbons (Fsp3) is 0.500. The summed E-state index contributed by atoms with van der Waals surface area (Å²) in [6.07, 6.45) is 2.65. The van der Waals surface area contributed by atoms with Gasteiger partial charge >= 0.3 is 0 Å². The monoisotopic (exact) mass is 212 g/mol. The van der Waals surface area contributed by atoms with Gasteiger partial charge in [0, 0.05) is 18.7 Å². The van der Waals surface area contributed by atoms with Crippen molar-refractivity contribution >= 4 is 11.6 Å². The Hall–Kier alpha value is -0.640. The van der Waals surface area contributed by atoms with Crippen LogP contribution in [0, 0.1) is 5.92 Å². The third kappa shape index (κ3) is 2.05. The molecule has 1 aromatic rings. The zero-order valence-electron chi connectivity index (χ0n) is 7.82. The van der Waals surface area contributed by atoms with Crippen LogP contribution < -0.4 is 5.73 Å². The lowest BCUT2D eigenvalue weighted by Crippen LogP contribution is -2.22. The van der Waals surface area contributed by atoms with Crippen LogP contribution in [0.4, 0.5) is 0 Å². The topological polar surface area (TPSA) is 48.1 Å². The van der Waals surface area contributed by atoms with Gasteiger partial charge in [0.1, 0.15) is 0 Å². The van der Waals surface area contributed by atoms with Crippen molar-refractivity contribution in [2.75, 3.05) is 13.2 Å². The van der Waals surface area contributed by atoms with Gasteiger partial charge in [-0.25, -0.2) is 0 Å². The molecule has 2 heterocycles. The van der Waals surface area contributed by atoms with E-state index in [4.69, 9.17) is 22.1 Å². The summed E-state index contributed by atoms with van der Waals surface area (Å²) >= 11 is 5.75. The Labute approximate surface area is 88.2 Å². The van der Waals surface area contributed by atoms with Gasteiger partial charge in [-0.05, 0) is 18.6 Å². The Morgan fingerprint density at radius 1 is 1.57 bits per heavy atom. The van der Waals surface area contributed by atoms with Gasteiger partial charge in [0.2, 0.25) is 0 Å². The molecule has 2 atom stereocenters. The third-order valence-corrected chi connectivity index (χ3v) is 2.79. The van der Waals surface area contributed by atoms with Crippen molar-refractivity contribution in [1.82, 2.24) is 4.98 Å². The highest BCUT2D eigenvalue weighted by Gasteiger charge is 2.24. The van der Waals surface area contributed by atoms with Crippen LogP contribution in [0.25, 0.3) is 0 Å². The minimum absolute atomic E-state index is 0.0326. The van der Waals surface area contributed by atoms with Gasteiger partial charge in [0.05, 0.1) is 23.4 Å². The Kier molecular flexibility index (Phi) is 3.01. The molecule has 3 nitrogen and oxygen atoms in total. The van der Waals surface area contributed by atoms with Gasteiger partial charge in [0.25, 0.3) is 0 Å². The molecule has 14 heavy (non-hydrogen) atoms. The van der Waals surface area contributed by atoms with E-state index in [2.05, 4.69) is 4.98 Å². The van der Waals surface area contributed by atoms with Crippen molar-refractivity contribution in [2.45, 2.75) is 12.5 Å². The maximum atomic E-state index is 6.06. The van der Waals surface area contributed by atoms with E-state index in [0.717, 1.165) is 25.3 Å². The molecule has 0 spiro atoms. The second-order valence-corrected chi connectivity index (χ2v) is 3.99. The molecule has 0 aliphatic carbocycles. The number of pyridine rings is 1. The molecule has 1 fully saturated rings. The molecule has 0 aromatic carbocycles. The summed E-state index contributed by atoms with van der Waals surface area (Å²) in [4.78, 5) is 4.21.